The van der Waals surface area contributed by atoms with Crippen LogP contribution in [-0.2, 0) is 15.4 Å². The van der Waals surface area contributed by atoms with Crippen molar-refractivity contribution in [2.45, 2.75) is 23.7 Å². The zero-order valence-corrected chi connectivity index (χ0v) is 17.1. The molecule has 0 N–H and O–H groups in total. The predicted octanol–water partition coefficient (Wildman–Crippen LogP) is 4.21. The first-order chi connectivity index (χ1) is 13.9. The fraction of sp³-hybridized carbons (Fsp3) is 0.208. The van der Waals surface area contributed by atoms with Crippen LogP contribution in [0.5, 0.6) is 0 Å². The Kier molecular flexibility index (Phi) is 5.11. The van der Waals surface area contributed by atoms with Crippen LogP contribution < -0.4 is 0 Å². The van der Waals surface area contributed by atoms with Crippen molar-refractivity contribution in [1.82, 2.24) is 4.31 Å². The Hall–Kier alpha value is -2.76. The highest BCUT2D eigenvalue weighted by molar-refractivity contribution is 7.89. The molecule has 4 rings (SSSR count). The van der Waals surface area contributed by atoms with E-state index in [-0.39, 0.29) is 17.2 Å². The summed E-state index contributed by atoms with van der Waals surface area (Å²) >= 11 is 0. The highest BCUT2D eigenvalue weighted by atomic mass is 32.2. The first-order valence-electron chi connectivity index (χ1n) is 9.66. The summed E-state index contributed by atoms with van der Waals surface area (Å²) in [5, 5.41) is 0. The van der Waals surface area contributed by atoms with Gasteiger partial charge in [-0.1, -0.05) is 78.4 Å². The van der Waals surface area contributed by atoms with Gasteiger partial charge in [-0.2, -0.15) is 4.31 Å². The van der Waals surface area contributed by atoms with E-state index in [9.17, 15) is 13.2 Å². The van der Waals surface area contributed by atoms with Crippen molar-refractivity contribution in [3.63, 3.8) is 0 Å². The van der Waals surface area contributed by atoms with Crippen molar-refractivity contribution in [3.05, 3.63) is 102 Å². The van der Waals surface area contributed by atoms with Gasteiger partial charge in [-0.3, -0.25) is 4.79 Å². The molecule has 1 aliphatic rings. The smallest absolute Gasteiger partial charge is 0.243 e. The molecule has 0 aliphatic carbocycles. The van der Waals surface area contributed by atoms with E-state index in [0.717, 1.165) is 11.1 Å². The maximum Gasteiger partial charge on any atom is 0.243 e. The zero-order valence-electron chi connectivity index (χ0n) is 16.3. The Morgan fingerprint density at radius 3 is 2.07 bits per heavy atom. The van der Waals surface area contributed by atoms with E-state index in [2.05, 4.69) is 0 Å². The molecule has 1 saturated heterocycles. The summed E-state index contributed by atoms with van der Waals surface area (Å²) in [7, 11) is -3.67. The largest absolute Gasteiger partial charge is 0.293 e. The Labute approximate surface area is 171 Å². The molecule has 29 heavy (non-hydrogen) atoms. The first-order valence-corrected chi connectivity index (χ1v) is 11.1. The van der Waals surface area contributed by atoms with Crippen molar-refractivity contribution in [3.8, 4) is 0 Å². The Morgan fingerprint density at radius 2 is 1.45 bits per heavy atom. The minimum Gasteiger partial charge on any atom is -0.293 e. The van der Waals surface area contributed by atoms with Crippen LogP contribution in [0.1, 0.15) is 27.9 Å². The van der Waals surface area contributed by atoms with Gasteiger partial charge in [0.2, 0.25) is 10.0 Å². The molecule has 0 bridgehead atoms. The lowest BCUT2D eigenvalue weighted by atomic mass is 9.74. The number of hydrogen-bond acceptors (Lipinski definition) is 3. The second-order valence-electron chi connectivity index (χ2n) is 7.54. The standard InChI is InChI=1S/C24H23NO3S/c1-19-12-14-22(15-13-19)29(27,28)25-17-16-24(18-25,21-10-6-3-7-11-21)23(26)20-8-4-2-5-9-20/h2-15H,16-18H2,1H3. The number of benzene rings is 3. The average Bonchev–Trinajstić information content (AvgIpc) is 3.22. The molecule has 5 heteroatoms. The van der Waals surface area contributed by atoms with E-state index < -0.39 is 15.4 Å². The van der Waals surface area contributed by atoms with Crippen LogP contribution in [0.3, 0.4) is 0 Å². The molecular weight excluding hydrogens is 382 g/mol. The number of Topliss-reactive ketones (excluding diaryl/α,β-unsaturated/α-hetero) is 1. The van der Waals surface area contributed by atoms with E-state index in [0.29, 0.717) is 18.5 Å². The van der Waals surface area contributed by atoms with Crippen LogP contribution in [0.25, 0.3) is 0 Å². The molecule has 0 radical (unpaired) electrons. The van der Waals surface area contributed by atoms with Crippen molar-refractivity contribution in [2.75, 3.05) is 13.1 Å². The molecule has 3 aromatic carbocycles. The molecular formula is C24H23NO3S. The van der Waals surface area contributed by atoms with Crippen LogP contribution in [0.15, 0.2) is 89.8 Å². The minimum absolute atomic E-state index is 0.0362. The van der Waals surface area contributed by atoms with Crippen LogP contribution >= 0.6 is 0 Å². The molecule has 1 atom stereocenters. The molecule has 3 aromatic rings. The monoisotopic (exact) mass is 405 g/mol. The van der Waals surface area contributed by atoms with Gasteiger partial charge in [-0.25, -0.2) is 8.42 Å². The van der Waals surface area contributed by atoms with Gasteiger partial charge in [0.05, 0.1) is 10.3 Å². The number of nitrogens with zero attached hydrogens (tertiary/aromatic N) is 1. The summed E-state index contributed by atoms with van der Waals surface area (Å²) in [4.78, 5) is 13.9. The number of carbonyl (C=O) groups excluding carboxylic acids is 1. The molecule has 1 heterocycles. The van der Waals surface area contributed by atoms with Crippen LogP contribution in [0, 0.1) is 6.92 Å². The first kappa shape index (κ1) is 19.6. The van der Waals surface area contributed by atoms with Gasteiger partial charge in [-0.15, -0.1) is 0 Å². The summed E-state index contributed by atoms with van der Waals surface area (Å²) in [6, 6.07) is 25.5. The topological polar surface area (TPSA) is 54.5 Å². The number of ketones is 1. The Balaban J connectivity index is 1.75. The zero-order chi connectivity index (χ0) is 20.5. The van der Waals surface area contributed by atoms with Gasteiger partial charge in [0.15, 0.2) is 5.78 Å². The quantitative estimate of drug-likeness (QED) is 0.598. The van der Waals surface area contributed by atoms with Crippen molar-refractivity contribution in [2.24, 2.45) is 0 Å². The summed E-state index contributed by atoms with van der Waals surface area (Å²) in [6.45, 7) is 2.37. The normalized spacial score (nSPS) is 19.9. The second kappa shape index (κ2) is 7.58. The molecule has 0 aromatic heterocycles. The average molecular weight is 406 g/mol. The number of hydrogen-bond donors (Lipinski definition) is 0. The van der Waals surface area contributed by atoms with E-state index in [1.165, 1.54) is 4.31 Å². The number of carbonyl (C=O) groups is 1. The van der Waals surface area contributed by atoms with Crippen molar-refractivity contribution >= 4 is 15.8 Å². The lowest BCUT2D eigenvalue weighted by Crippen LogP contribution is -2.40. The summed E-state index contributed by atoms with van der Waals surface area (Å²) in [5.41, 5.74) is 1.57. The third-order valence-corrected chi connectivity index (χ3v) is 7.55. The van der Waals surface area contributed by atoms with E-state index in [4.69, 9.17) is 0 Å². The third kappa shape index (κ3) is 3.52. The Morgan fingerprint density at radius 1 is 0.862 bits per heavy atom. The predicted molar refractivity (Wildman–Crippen MR) is 113 cm³/mol. The van der Waals surface area contributed by atoms with E-state index >= 15 is 0 Å². The molecule has 0 spiro atoms. The molecule has 4 nitrogen and oxygen atoms in total. The maximum absolute atomic E-state index is 13.6. The third-order valence-electron chi connectivity index (χ3n) is 5.69. The summed E-state index contributed by atoms with van der Waals surface area (Å²) < 4.78 is 27.9. The molecule has 148 valence electrons. The molecule has 1 fully saturated rings. The number of aryl methyl sites for hydroxylation is 1. The van der Waals surface area contributed by atoms with Crippen LogP contribution in [-0.4, -0.2) is 31.6 Å². The number of rotatable bonds is 5. The van der Waals surface area contributed by atoms with E-state index in [1.807, 2.05) is 55.5 Å². The molecule has 0 amide bonds. The molecule has 0 saturated carbocycles. The molecule has 1 aliphatic heterocycles. The SMILES string of the molecule is Cc1ccc(S(=O)(=O)N2CCC(C(=O)c3ccccc3)(c3ccccc3)C2)cc1. The summed E-state index contributed by atoms with van der Waals surface area (Å²) in [5.74, 6) is -0.0362. The van der Waals surface area contributed by atoms with Gasteiger partial charge in [0.1, 0.15) is 0 Å². The van der Waals surface area contributed by atoms with Gasteiger partial charge in [0, 0.05) is 18.7 Å². The maximum atomic E-state index is 13.6. The van der Waals surface area contributed by atoms with Gasteiger partial charge < -0.3 is 0 Å². The molecule has 1 unspecified atom stereocenters. The fourth-order valence-electron chi connectivity index (χ4n) is 4.01. The lowest BCUT2D eigenvalue weighted by Gasteiger charge is -2.28. The fourth-order valence-corrected chi connectivity index (χ4v) is 5.51. The summed E-state index contributed by atoms with van der Waals surface area (Å²) in [6.07, 6.45) is 0.454. The van der Waals surface area contributed by atoms with Crippen LogP contribution in [0.4, 0.5) is 0 Å². The van der Waals surface area contributed by atoms with Gasteiger partial charge in [0.25, 0.3) is 0 Å². The van der Waals surface area contributed by atoms with E-state index in [1.54, 1.807) is 36.4 Å². The highest BCUT2D eigenvalue weighted by Crippen LogP contribution is 2.40. The van der Waals surface area contributed by atoms with Crippen molar-refractivity contribution in [1.29, 1.82) is 0 Å². The highest BCUT2D eigenvalue weighted by Gasteiger charge is 2.49. The Bertz CT molecular complexity index is 1110. The number of sulfonamides is 1. The minimum atomic E-state index is -3.67. The van der Waals surface area contributed by atoms with Gasteiger partial charge >= 0.3 is 0 Å². The van der Waals surface area contributed by atoms with Gasteiger partial charge in [-0.05, 0) is 31.0 Å². The van der Waals surface area contributed by atoms with Crippen molar-refractivity contribution < 1.29 is 13.2 Å². The van der Waals surface area contributed by atoms with Crippen LogP contribution in [0.2, 0.25) is 0 Å². The lowest BCUT2D eigenvalue weighted by molar-refractivity contribution is 0.0892. The second-order valence-corrected chi connectivity index (χ2v) is 9.48.